The van der Waals surface area contributed by atoms with Gasteiger partial charge in [0.15, 0.2) is 0 Å². The molecular formula is C22H25F2N3O. The molecular weight excluding hydrogens is 360 g/mol. The molecule has 148 valence electrons. The van der Waals surface area contributed by atoms with E-state index in [-0.39, 0.29) is 23.8 Å². The van der Waals surface area contributed by atoms with E-state index < -0.39 is 5.82 Å². The number of carbonyl (C=O) groups excluding carboxylic acids is 1. The third-order valence-corrected chi connectivity index (χ3v) is 4.74. The number of nitrogens with zero attached hydrogens (tertiary/aromatic N) is 3. The fourth-order valence-corrected chi connectivity index (χ4v) is 3.32. The van der Waals surface area contributed by atoms with E-state index in [1.54, 1.807) is 23.1 Å². The van der Waals surface area contributed by atoms with Crippen molar-refractivity contribution in [3.63, 3.8) is 0 Å². The molecule has 3 aromatic rings. The number of halogens is 2. The Hall–Kier alpha value is -2.76. The van der Waals surface area contributed by atoms with Gasteiger partial charge in [-0.05, 0) is 37.1 Å². The van der Waals surface area contributed by atoms with Crippen LogP contribution in [-0.2, 0) is 13.1 Å². The van der Waals surface area contributed by atoms with Gasteiger partial charge >= 0.3 is 0 Å². The summed E-state index contributed by atoms with van der Waals surface area (Å²) in [6.07, 6.45) is 2.60. The SMILES string of the molecule is CCCCN(Cc1nc2cc(F)ccc2n1CCC)C(=O)c1ccccc1F. The summed E-state index contributed by atoms with van der Waals surface area (Å²) in [5, 5.41) is 0. The molecule has 1 amide bonds. The van der Waals surface area contributed by atoms with Gasteiger partial charge in [-0.1, -0.05) is 32.4 Å². The Balaban J connectivity index is 1.97. The standard InChI is InChI=1S/C22H25F2N3O/c1-3-5-13-26(22(28)17-8-6-7-9-18(17)24)15-21-25-19-14-16(23)10-11-20(19)27(21)12-4-2/h6-11,14H,3-5,12-13,15H2,1-2H3. The minimum atomic E-state index is -0.530. The highest BCUT2D eigenvalue weighted by molar-refractivity contribution is 5.94. The molecule has 3 rings (SSSR count). The van der Waals surface area contributed by atoms with Crippen molar-refractivity contribution in [3.05, 3.63) is 65.5 Å². The first-order chi connectivity index (χ1) is 13.5. The largest absolute Gasteiger partial charge is 0.331 e. The zero-order valence-corrected chi connectivity index (χ0v) is 16.3. The second-order valence-electron chi connectivity index (χ2n) is 6.87. The van der Waals surface area contributed by atoms with Crippen LogP contribution >= 0.6 is 0 Å². The highest BCUT2D eigenvalue weighted by atomic mass is 19.1. The lowest BCUT2D eigenvalue weighted by Crippen LogP contribution is -2.33. The second-order valence-corrected chi connectivity index (χ2v) is 6.87. The van der Waals surface area contributed by atoms with Crippen LogP contribution < -0.4 is 0 Å². The average Bonchev–Trinajstić information content (AvgIpc) is 3.01. The maximum Gasteiger partial charge on any atom is 0.257 e. The molecule has 28 heavy (non-hydrogen) atoms. The molecule has 2 aromatic carbocycles. The van der Waals surface area contributed by atoms with Gasteiger partial charge in [0.1, 0.15) is 17.5 Å². The molecule has 0 saturated heterocycles. The summed E-state index contributed by atoms with van der Waals surface area (Å²) < 4.78 is 29.8. The molecule has 0 atom stereocenters. The minimum absolute atomic E-state index is 0.0581. The number of hydrogen-bond donors (Lipinski definition) is 0. The van der Waals surface area contributed by atoms with Crippen LogP contribution in [0.15, 0.2) is 42.5 Å². The first-order valence-electron chi connectivity index (χ1n) is 9.73. The Morgan fingerprint density at radius 3 is 2.61 bits per heavy atom. The van der Waals surface area contributed by atoms with E-state index in [1.165, 1.54) is 24.3 Å². The predicted octanol–water partition coefficient (Wildman–Crippen LogP) is 5.17. The summed E-state index contributed by atoms with van der Waals surface area (Å²) in [7, 11) is 0. The lowest BCUT2D eigenvalue weighted by Gasteiger charge is -2.23. The molecule has 0 aliphatic rings. The quantitative estimate of drug-likeness (QED) is 0.537. The number of imidazole rings is 1. The van der Waals surface area contributed by atoms with Crippen LogP contribution in [0.2, 0.25) is 0 Å². The summed E-state index contributed by atoms with van der Waals surface area (Å²) in [4.78, 5) is 19.2. The third-order valence-electron chi connectivity index (χ3n) is 4.74. The first kappa shape index (κ1) is 20.0. The number of rotatable bonds is 8. The van der Waals surface area contributed by atoms with Gasteiger partial charge < -0.3 is 9.47 Å². The zero-order valence-electron chi connectivity index (χ0n) is 16.3. The number of amides is 1. The molecule has 0 N–H and O–H groups in total. The number of carbonyl (C=O) groups is 1. The van der Waals surface area contributed by atoms with Crippen LogP contribution in [0.1, 0.15) is 49.3 Å². The second kappa shape index (κ2) is 8.95. The molecule has 6 heteroatoms. The Morgan fingerprint density at radius 1 is 1.11 bits per heavy atom. The van der Waals surface area contributed by atoms with E-state index in [2.05, 4.69) is 11.9 Å². The smallest absolute Gasteiger partial charge is 0.257 e. The van der Waals surface area contributed by atoms with Crippen molar-refractivity contribution in [2.45, 2.75) is 46.2 Å². The highest BCUT2D eigenvalue weighted by Crippen LogP contribution is 2.21. The Bertz CT molecular complexity index is 968. The number of aryl methyl sites for hydroxylation is 1. The minimum Gasteiger partial charge on any atom is -0.331 e. The van der Waals surface area contributed by atoms with Gasteiger partial charge in [0.05, 0.1) is 23.1 Å². The van der Waals surface area contributed by atoms with E-state index in [0.717, 1.165) is 24.8 Å². The van der Waals surface area contributed by atoms with E-state index in [9.17, 15) is 13.6 Å². The molecule has 0 unspecified atom stereocenters. The molecule has 0 spiro atoms. The summed E-state index contributed by atoms with van der Waals surface area (Å²) in [5.41, 5.74) is 1.46. The monoisotopic (exact) mass is 385 g/mol. The van der Waals surface area contributed by atoms with Gasteiger partial charge in [-0.2, -0.15) is 0 Å². The van der Waals surface area contributed by atoms with Crippen LogP contribution in [0.5, 0.6) is 0 Å². The van der Waals surface area contributed by atoms with Crippen LogP contribution in [-0.4, -0.2) is 26.9 Å². The van der Waals surface area contributed by atoms with E-state index >= 15 is 0 Å². The van der Waals surface area contributed by atoms with Gasteiger partial charge in [0.25, 0.3) is 5.91 Å². The van der Waals surface area contributed by atoms with Crippen molar-refractivity contribution in [2.24, 2.45) is 0 Å². The van der Waals surface area contributed by atoms with Crippen LogP contribution in [0.25, 0.3) is 11.0 Å². The Kier molecular flexibility index (Phi) is 6.39. The predicted molar refractivity (Wildman–Crippen MR) is 106 cm³/mol. The normalized spacial score (nSPS) is 11.1. The van der Waals surface area contributed by atoms with Crippen molar-refractivity contribution >= 4 is 16.9 Å². The lowest BCUT2D eigenvalue weighted by molar-refractivity contribution is 0.0730. The van der Waals surface area contributed by atoms with Gasteiger partial charge in [-0.25, -0.2) is 13.8 Å². The van der Waals surface area contributed by atoms with Crippen LogP contribution in [0, 0.1) is 11.6 Å². The number of hydrogen-bond acceptors (Lipinski definition) is 2. The van der Waals surface area contributed by atoms with Gasteiger partial charge in [0, 0.05) is 19.2 Å². The number of aromatic nitrogens is 2. The van der Waals surface area contributed by atoms with Crippen molar-refractivity contribution in [3.8, 4) is 0 Å². The summed E-state index contributed by atoms with van der Waals surface area (Å²) >= 11 is 0. The molecule has 0 saturated carbocycles. The van der Waals surface area contributed by atoms with E-state index in [4.69, 9.17) is 0 Å². The van der Waals surface area contributed by atoms with Crippen LogP contribution in [0.3, 0.4) is 0 Å². The molecule has 0 bridgehead atoms. The molecule has 0 aliphatic carbocycles. The highest BCUT2D eigenvalue weighted by Gasteiger charge is 2.22. The molecule has 0 aliphatic heterocycles. The van der Waals surface area contributed by atoms with Crippen molar-refractivity contribution in [1.82, 2.24) is 14.5 Å². The Labute approximate surface area is 163 Å². The number of fused-ring (bicyclic) bond motifs is 1. The third kappa shape index (κ3) is 4.21. The summed E-state index contributed by atoms with van der Waals surface area (Å²) in [6.45, 7) is 5.57. The molecule has 4 nitrogen and oxygen atoms in total. The molecule has 1 heterocycles. The van der Waals surface area contributed by atoms with E-state index in [0.29, 0.717) is 24.4 Å². The molecule has 0 radical (unpaired) electrons. The van der Waals surface area contributed by atoms with Crippen molar-refractivity contribution < 1.29 is 13.6 Å². The van der Waals surface area contributed by atoms with Crippen LogP contribution in [0.4, 0.5) is 8.78 Å². The fraction of sp³-hybridized carbons (Fsp3) is 0.364. The summed E-state index contributed by atoms with van der Waals surface area (Å²) in [5.74, 6) is -0.542. The number of benzene rings is 2. The van der Waals surface area contributed by atoms with Gasteiger partial charge in [-0.3, -0.25) is 4.79 Å². The number of unbranched alkanes of at least 4 members (excludes halogenated alkanes) is 1. The summed E-state index contributed by atoms with van der Waals surface area (Å²) in [6, 6.07) is 10.5. The van der Waals surface area contributed by atoms with Gasteiger partial charge in [0.2, 0.25) is 0 Å². The fourth-order valence-electron chi connectivity index (χ4n) is 3.32. The average molecular weight is 385 g/mol. The topological polar surface area (TPSA) is 38.1 Å². The molecule has 1 aromatic heterocycles. The lowest BCUT2D eigenvalue weighted by atomic mass is 10.1. The maximum atomic E-state index is 14.2. The molecule has 0 fully saturated rings. The zero-order chi connectivity index (χ0) is 20.1. The van der Waals surface area contributed by atoms with Crippen molar-refractivity contribution in [2.75, 3.05) is 6.54 Å². The maximum absolute atomic E-state index is 14.2. The van der Waals surface area contributed by atoms with E-state index in [1.807, 2.05) is 11.5 Å². The first-order valence-corrected chi connectivity index (χ1v) is 9.73. The van der Waals surface area contributed by atoms with Gasteiger partial charge in [-0.15, -0.1) is 0 Å². The van der Waals surface area contributed by atoms with Crippen molar-refractivity contribution in [1.29, 1.82) is 0 Å². The Morgan fingerprint density at radius 2 is 1.89 bits per heavy atom.